The molecule has 0 aliphatic heterocycles. The van der Waals surface area contributed by atoms with E-state index < -0.39 is 11.8 Å². The van der Waals surface area contributed by atoms with Gasteiger partial charge in [-0.25, -0.2) is 8.78 Å². The molecule has 1 atom stereocenters. The SMILES string of the molecule is Cc1ccc2c(c1C)C(F)(F)C(C)C2. The quantitative estimate of drug-likeness (QED) is 0.595. The van der Waals surface area contributed by atoms with Gasteiger partial charge in [-0.1, -0.05) is 19.1 Å². The summed E-state index contributed by atoms with van der Waals surface area (Å²) in [5, 5.41) is 0. The van der Waals surface area contributed by atoms with E-state index in [0.29, 0.717) is 6.42 Å². The summed E-state index contributed by atoms with van der Waals surface area (Å²) < 4.78 is 27.5. The van der Waals surface area contributed by atoms with Crippen LogP contribution in [0.1, 0.15) is 29.2 Å². The second-order valence-electron chi connectivity index (χ2n) is 4.27. The Labute approximate surface area is 82.9 Å². The fourth-order valence-corrected chi connectivity index (χ4v) is 2.21. The Morgan fingerprint density at radius 3 is 2.57 bits per heavy atom. The van der Waals surface area contributed by atoms with Gasteiger partial charge in [-0.15, -0.1) is 0 Å². The van der Waals surface area contributed by atoms with Crippen molar-refractivity contribution in [1.29, 1.82) is 0 Å². The maximum Gasteiger partial charge on any atom is 0.276 e. The number of aryl methyl sites for hydroxylation is 1. The lowest BCUT2D eigenvalue weighted by Crippen LogP contribution is -2.18. The number of hydrogen-bond acceptors (Lipinski definition) is 0. The van der Waals surface area contributed by atoms with Crippen molar-refractivity contribution in [3.05, 3.63) is 34.4 Å². The Kier molecular flexibility index (Phi) is 1.91. The summed E-state index contributed by atoms with van der Waals surface area (Å²) in [5.41, 5.74) is 2.82. The molecule has 1 aromatic rings. The molecule has 76 valence electrons. The molecule has 1 aliphatic rings. The molecule has 0 aromatic heterocycles. The zero-order valence-corrected chi connectivity index (χ0v) is 8.70. The minimum Gasteiger partial charge on any atom is -0.201 e. The standard InChI is InChI=1S/C12H14F2/c1-7-4-5-10-6-8(2)12(13,14)11(10)9(7)3/h4-5,8H,6H2,1-3H3. The van der Waals surface area contributed by atoms with Crippen LogP contribution in [0.25, 0.3) is 0 Å². The first-order valence-corrected chi connectivity index (χ1v) is 4.92. The van der Waals surface area contributed by atoms with Crippen LogP contribution >= 0.6 is 0 Å². The number of alkyl halides is 2. The van der Waals surface area contributed by atoms with Gasteiger partial charge >= 0.3 is 0 Å². The number of fused-ring (bicyclic) bond motifs is 1. The predicted molar refractivity (Wildman–Crippen MR) is 52.7 cm³/mol. The van der Waals surface area contributed by atoms with Crippen LogP contribution < -0.4 is 0 Å². The highest BCUT2D eigenvalue weighted by atomic mass is 19.3. The fraction of sp³-hybridized carbons (Fsp3) is 0.500. The van der Waals surface area contributed by atoms with Crippen LogP contribution in [0.5, 0.6) is 0 Å². The number of hydrogen-bond donors (Lipinski definition) is 0. The zero-order chi connectivity index (χ0) is 10.5. The molecule has 1 unspecified atom stereocenters. The maximum absolute atomic E-state index is 13.8. The summed E-state index contributed by atoms with van der Waals surface area (Å²) in [6, 6.07) is 3.78. The number of halogens is 2. The van der Waals surface area contributed by atoms with Gasteiger partial charge < -0.3 is 0 Å². The molecule has 0 saturated heterocycles. The van der Waals surface area contributed by atoms with Crippen molar-refractivity contribution in [2.45, 2.75) is 33.1 Å². The first-order chi connectivity index (χ1) is 6.44. The van der Waals surface area contributed by atoms with E-state index in [1.807, 2.05) is 19.1 Å². The minimum atomic E-state index is -2.63. The molecule has 0 N–H and O–H groups in total. The lowest BCUT2D eigenvalue weighted by atomic mass is 9.97. The molecule has 0 nitrogen and oxygen atoms in total. The zero-order valence-electron chi connectivity index (χ0n) is 8.70. The van der Waals surface area contributed by atoms with E-state index in [-0.39, 0.29) is 5.56 Å². The van der Waals surface area contributed by atoms with Crippen molar-refractivity contribution in [3.8, 4) is 0 Å². The normalized spacial score (nSPS) is 23.6. The van der Waals surface area contributed by atoms with Crippen LogP contribution in [0.4, 0.5) is 8.78 Å². The Balaban J connectivity index is 2.68. The van der Waals surface area contributed by atoms with E-state index >= 15 is 0 Å². The molecule has 0 heterocycles. The Morgan fingerprint density at radius 1 is 1.29 bits per heavy atom. The topological polar surface area (TPSA) is 0 Å². The summed E-state index contributed by atoms with van der Waals surface area (Å²) in [4.78, 5) is 0. The molecule has 0 radical (unpaired) electrons. The first-order valence-electron chi connectivity index (χ1n) is 4.92. The van der Waals surface area contributed by atoms with E-state index in [1.165, 1.54) is 0 Å². The first kappa shape index (κ1) is 9.63. The monoisotopic (exact) mass is 196 g/mol. The van der Waals surface area contributed by atoms with Gasteiger partial charge in [-0.3, -0.25) is 0 Å². The lowest BCUT2D eigenvalue weighted by molar-refractivity contribution is -0.0456. The van der Waals surface area contributed by atoms with Gasteiger partial charge in [0.25, 0.3) is 5.92 Å². The molecule has 0 spiro atoms. The minimum absolute atomic E-state index is 0.282. The summed E-state index contributed by atoms with van der Waals surface area (Å²) in [6.07, 6.45) is 0.503. The van der Waals surface area contributed by atoms with Crippen LogP contribution in [-0.4, -0.2) is 0 Å². The molecule has 2 heteroatoms. The molecule has 2 rings (SSSR count). The molecule has 0 fully saturated rings. The molecular formula is C12H14F2. The predicted octanol–water partition coefficient (Wildman–Crippen LogP) is 3.59. The highest BCUT2D eigenvalue weighted by molar-refractivity contribution is 5.46. The van der Waals surface area contributed by atoms with Crippen LogP contribution in [0.2, 0.25) is 0 Å². The van der Waals surface area contributed by atoms with Crippen LogP contribution in [0.3, 0.4) is 0 Å². The molecular weight excluding hydrogens is 182 g/mol. The van der Waals surface area contributed by atoms with Crippen LogP contribution in [0.15, 0.2) is 12.1 Å². The van der Waals surface area contributed by atoms with E-state index in [0.717, 1.165) is 16.7 Å². The number of rotatable bonds is 0. The summed E-state index contributed by atoms with van der Waals surface area (Å²) >= 11 is 0. The lowest BCUT2D eigenvalue weighted by Gasteiger charge is -2.18. The number of benzene rings is 1. The molecule has 0 saturated carbocycles. The molecule has 0 bridgehead atoms. The Bertz CT molecular complexity index is 380. The van der Waals surface area contributed by atoms with Gasteiger partial charge in [-0.05, 0) is 37.0 Å². The third kappa shape index (κ3) is 1.09. The molecule has 1 aliphatic carbocycles. The average Bonchev–Trinajstić information content (AvgIpc) is 2.32. The van der Waals surface area contributed by atoms with Crippen LogP contribution in [-0.2, 0) is 12.3 Å². The maximum atomic E-state index is 13.8. The van der Waals surface area contributed by atoms with Gasteiger partial charge in [0.2, 0.25) is 0 Å². The van der Waals surface area contributed by atoms with Crippen molar-refractivity contribution >= 4 is 0 Å². The van der Waals surface area contributed by atoms with Crippen molar-refractivity contribution in [1.82, 2.24) is 0 Å². The van der Waals surface area contributed by atoms with Crippen LogP contribution in [0, 0.1) is 19.8 Å². The third-order valence-corrected chi connectivity index (χ3v) is 3.30. The van der Waals surface area contributed by atoms with Gasteiger partial charge in [-0.2, -0.15) is 0 Å². The second-order valence-corrected chi connectivity index (χ2v) is 4.27. The van der Waals surface area contributed by atoms with Crippen molar-refractivity contribution in [3.63, 3.8) is 0 Å². The van der Waals surface area contributed by atoms with Crippen molar-refractivity contribution in [2.24, 2.45) is 5.92 Å². The summed E-state index contributed by atoms with van der Waals surface area (Å²) in [6.45, 7) is 5.30. The largest absolute Gasteiger partial charge is 0.276 e. The average molecular weight is 196 g/mol. The van der Waals surface area contributed by atoms with Crippen molar-refractivity contribution < 1.29 is 8.78 Å². The van der Waals surface area contributed by atoms with Gasteiger partial charge in [0, 0.05) is 11.5 Å². The summed E-state index contributed by atoms with van der Waals surface area (Å²) in [7, 11) is 0. The van der Waals surface area contributed by atoms with E-state index in [1.54, 1.807) is 13.8 Å². The fourth-order valence-electron chi connectivity index (χ4n) is 2.21. The highest BCUT2D eigenvalue weighted by Gasteiger charge is 2.46. The molecule has 14 heavy (non-hydrogen) atoms. The summed E-state index contributed by atoms with van der Waals surface area (Å²) in [5.74, 6) is -3.19. The third-order valence-electron chi connectivity index (χ3n) is 3.30. The van der Waals surface area contributed by atoms with E-state index in [2.05, 4.69) is 0 Å². The molecule has 1 aromatic carbocycles. The van der Waals surface area contributed by atoms with Gasteiger partial charge in [0.1, 0.15) is 0 Å². The van der Waals surface area contributed by atoms with Gasteiger partial charge in [0.05, 0.1) is 0 Å². The van der Waals surface area contributed by atoms with Gasteiger partial charge in [0.15, 0.2) is 0 Å². The second kappa shape index (κ2) is 2.78. The van der Waals surface area contributed by atoms with E-state index in [9.17, 15) is 8.78 Å². The smallest absolute Gasteiger partial charge is 0.201 e. The molecule has 0 amide bonds. The van der Waals surface area contributed by atoms with Crippen molar-refractivity contribution in [2.75, 3.05) is 0 Å². The van der Waals surface area contributed by atoms with E-state index in [4.69, 9.17) is 0 Å². The Hall–Kier alpha value is -0.920. The Morgan fingerprint density at radius 2 is 1.93 bits per heavy atom. The highest BCUT2D eigenvalue weighted by Crippen LogP contribution is 2.47.